The molecule has 2 aliphatic rings. The van der Waals surface area contributed by atoms with Crippen molar-refractivity contribution in [3.63, 3.8) is 0 Å². The molecule has 0 spiro atoms. The maximum Gasteiger partial charge on any atom is 0.0274 e. The van der Waals surface area contributed by atoms with E-state index in [0.29, 0.717) is 0 Å². The molecular formula is C12H24N2S2. The second-order valence-corrected chi connectivity index (χ2v) is 7.32. The molecule has 2 nitrogen and oxygen atoms in total. The molecule has 0 aromatic rings. The summed E-state index contributed by atoms with van der Waals surface area (Å²) >= 11 is 4.27. The van der Waals surface area contributed by atoms with Crippen LogP contribution in [0.25, 0.3) is 0 Å². The number of likely N-dealkylation sites (tertiary alicyclic amines) is 1. The first-order chi connectivity index (χ1) is 7.77. The average Bonchev–Trinajstić information content (AvgIpc) is 2.57. The topological polar surface area (TPSA) is 6.48 Å². The summed E-state index contributed by atoms with van der Waals surface area (Å²) in [5, 5.41) is 0. The molecule has 1 unspecified atom stereocenters. The molecule has 2 aliphatic heterocycles. The number of hydrogen-bond donors (Lipinski definition) is 0. The SMILES string of the molecule is CN1CCCC1CN(C)C1CSCCSC1. The van der Waals surface area contributed by atoms with Gasteiger partial charge < -0.3 is 9.80 Å². The van der Waals surface area contributed by atoms with Crippen molar-refractivity contribution in [1.82, 2.24) is 9.80 Å². The van der Waals surface area contributed by atoms with Crippen molar-refractivity contribution in [2.45, 2.75) is 24.9 Å². The van der Waals surface area contributed by atoms with Gasteiger partial charge in [0, 0.05) is 41.6 Å². The fourth-order valence-corrected chi connectivity index (χ4v) is 5.26. The van der Waals surface area contributed by atoms with Gasteiger partial charge in [-0.3, -0.25) is 0 Å². The smallest absolute Gasteiger partial charge is 0.0274 e. The fourth-order valence-electron chi connectivity index (χ4n) is 2.55. The van der Waals surface area contributed by atoms with Gasteiger partial charge in [0.15, 0.2) is 0 Å². The van der Waals surface area contributed by atoms with Gasteiger partial charge in [-0.25, -0.2) is 0 Å². The summed E-state index contributed by atoms with van der Waals surface area (Å²) in [6.45, 7) is 2.56. The normalized spacial score (nSPS) is 29.8. The summed E-state index contributed by atoms with van der Waals surface area (Å²) in [7, 11) is 4.60. The van der Waals surface area contributed by atoms with E-state index in [9.17, 15) is 0 Å². The van der Waals surface area contributed by atoms with E-state index >= 15 is 0 Å². The Balaban J connectivity index is 1.79. The summed E-state index contributed by atoms with van der Waals surface area (Å²) in [6.07, 6.45) is 2.79. The van der Waals surface area contributed by atoms with Gasteiger partial charge in [-0.05, 0) is 33.5 Å². The molecule has 2 heterocycles. The summed E-state index contributed by atoms with van der Waals surface area (Å²) in [5.74, 6) is 5.36. The number of likely N-dealkylation sites (N-methyl/N-ethyl adjacent to an activating group) is 2. The fraction of sp³-hybridized carbons (Fsp3) is 1.00. The first-order valence-corrected chi connectivity index (χ1v) is 8.64. The highest BCUT2D eigenvalue weighted by molar-refractivity contribution is 8.03. The molecule has 0 aromatic heterocycles. The zero-order chi connectivity index (χ0) is 11.4. The van der Waals surface area contributed by atoms with Crippen LogP contribution < -0.4 is 0 Å². The highest BCUT2D eigenvalue weighted by Crippen LogP contribution is 2.22. The minimum Gasteiger partial charge on any atom is -0.302 e. The molecule has 1 atom stereocenters. The third-order valence-corrected chi connectivity index (χ3v) is 6.27. The van der Waals surface area contributed by atoms with E-state index in [4.69, 9.17) is 0 Å². The summed E-state index contributed by atoms with van der Waals surface area (Å²) < 4.78 is 0. The number of hydrogen-bond acceptors (Lipinski definition) is 4. The van der Waals surface area contributed by atoms with Crippen molar-refractivity contribution in [3.05, 3.63) is 0 Å². The molecule has 16 heavy (non-hydrogen) atoms. The largest absolute Gasteiger partial charge is 0.302 e. The van der Waals surface area contributed by atoms with Crippen LogP contribution in [0, 0.1) is 0 Å². The van der Waals surface area contributed by atoms with Crippen LogP contribution in [0.5, 0.6) is 0 Å². The van der Waals surface area contributed by atoms with Crippen molar-refractivity contribution in [1.29, 1.82) is 0 Å². The molecule has 94 valence electrons. The lowest BCUT2D eigenvalue weighted by molar-refractivity contribution is 0.196. The van der Waals surface area contributed by atoms with E-state index in [1.807, 2.05) is 0 Å². The highest BCUT2D eigenvalue weighted by Gasteiger charge is 2.25. The van der Waals surface area contributed by atoms with Crippen molar-refractivity contribution in [2.24, 2.45) is 0 Å². The Bertz CT molecular complexity index is 205. The molecule has 0 saturated carbocycles. The predicted octanol–water partition coefficient (Wildman–Crippen LogP) is 1.86. The molecule has 0 aromatic carbocycles. The van der Waals surface area contributed by atoms with Crippen molar-refractivity contribution in [2.75, 3.05) is 50.2 Å². The Morgan fingerprint density at radius 1 is 1.25 bits per heavy atom. The van der Waals surface area contributed by atoms with Crippen molar-refractivity contribution >= 4 is 23.5 Å². The molecule has 0 bridgehead atoms. The monoisotopic (exact) mass is 260 g/mol. The third kappa shape index (κ3) is 3.56. The quantitative estimate of drug-likeness (QED) is 0.764. The van der Waals surface area contributed by atoms with Gasteiger partial charge >= 0.3 is 0 Å². The Labute approximate surface area is 109 Å². The molecular weight excluding hydrogens is 236 g/mol. The van der Waals surface area contributed by atoms with Gasteiger partial charge in [-0.1, -0.05) is 0 Å². The van der Waals surface area contributed by atoms with Crippen LogP contribution >= 0.6 is 23.5 Å². The van der Waals surface area contributed by atoms with Gasteiger partial charge in [-0.15, -0.1) is 0 Å². The Hall–Kier alpha value is 0.620. The lowest BCUT2D eigenvalue weighted by atomic mass is 10.2. The van der Waals surface area contributed by atoms with E-state index in [0.717, 1.165) is 12.1 Å². The summed E-state index contributed by atoms with van der Waals surface area (Å²) in [6, 6.07) is 1.61. The molecule has 0 radical (unpaired) electrons. The van der Waals surface area contributed by atoms with E-state index < -0.39 is 0 Å². The third-order valence-electron chi connectivity index (χ3n) is 3.79. The minimum atomic E-state index is 0.798. The lowest BCUT2D eigenvalue weighted by Crippen LogP contribution is -2.43. The zero-order valence-corrected chi connectivity index (χ0v) is 12.2. The second-order valence-electron chi connectivity index (χ2n) is 5.02. The van der Waals surface area contributed by atoms with Gasteiger partial charge in [0.05, 0.1) is 0 Å². The van der Waals surface area contributed by atoms with Gasteiger partial charge in [0.2, 0.25) is 0 Å². The van der Waals surface area contributed by atoms with Crippen LogP contribution in [-0.4, -0.2) is 72.1 Å². The van der Waals surface area contributed by atoms with E-state index in [1.165, 1.54) is 48.9 Å². The van der Waals surface area contributed by atoms with E-state index in [-0.39, 0.29) is 0 Å². The van der Waals surface area contributed by atoms with Crippen LogP contribution in [0.15, 0.2) is 0 Å². The van der Waals surface area contributed by atoms with Gasteiger partial charge in [-0.2, -0.15) is 23.5 Å². The number of nitrogens with zero attached hydrogens (tertiary/aromatic N) is 2. The van der Waals surface area contributed by atoms with E-state index in [1.54, 1.807) is 0 Å². The first kappa shape index (κ1) is 13.1. The maximum atomic E-state index is 2.61. The first-order valence-electron chi connectivity index (χ1n) is 6.33. The lowest BCUT2D eigenvalue weighted by Gasteiger charge is -2.31. The van der Waals surface area contributed by atoms with Crippen LogP contribution in [0.3, 0.4) is 0 Å². The second kappa shape index (κ2) is 6.53. The molecule has 0 aliphatic carbocycles. The minimum absolute atomic E-state index is 0.798. The molecule has 2 fully saturated rings. The highest BCUT2D eigenvalue weighted by atomic mass is 32.2. The maximum absolute atomic E-state index is 2.61. The van der Waals surface area contributed by atoms with Crippen LogP contribution in [0.4, 0.5) is 0 Å². The Morgan fingerprint density at radius 3 is 2.50 bits per heavy atom. The zero-order valence-electron chi connectivity index (χ0n) is 10.5. The number of rotatable bonds is 3. The Morgan fingerprint density at radius 2 is 1.94 bits per heavy atom. The van der Waals surface area contributed by atoms with Crippen LogP contribution in [0.2, 0.25) is 0 Å². The summed E-state index contributed by atoms with van der Waals surface area (Å²) in [5.41, 5.74) is 0. The van der Waals surface area contributed by atoms with Crippen molar-refractivity contribution < 1.29 is 0 Å². The molecule has 0 amide bonds. The predicted molar refractivity (Wildman–Crippen MR) is 76.7 cm³/mol. The van der Waals surface area contributed by atoms with E-state index in [2.05, 4.69) is 47.4 Å². The molecule has 4 heteroatoms. The molecule has 2 saturated heterocycles. The Kier molecular flexibility index (Phi) is 5.33. The summed E-state index contributed by atoms with van der Waals surface area (Å²) in [4.78, 5) is 5.14. The molecule has 0 N–H and O–H groups in total. The standard InChI is InChI=1S/C12H24N2S2/c1-13-5-3-4-11(13)8-14(2)12-9-15-6-7-16-10-12/h11-12H,3-10H2,1-2H3. The van der Waals surface area contributed by atoms with Crippen molar-refractivity contribution in [3.8, 4) is 0 Å². The van der Waals surface area contributed by atoms with Gasteiger partial charge in [0.1, 0.15) is 0 Å². The van der Waals surface area contributed by atoms with Gasteiger partial charge in [0.25, 0.3) is 0 Å². The van der Waals surface area contributed by atoms with Crippen LogP contribution in [-0.2, 0) is 0 Å². The molecule has 2 rings (SSSR count). The van der Waals surface area contributed by atoms with Crippen LogP contribution in [0.1, 0.15) is 12.8 Å². The number of thioether (sulfide) groups is 2. The average molecular weight is 260 g/mol.